The molecule has 0 aliphatic carbocycles. The molecule has 3 heterocycles. The number of benzene rings is 1. The summed E-state index contributed by atoms with van der Waals surface area (Å²) in [4.78, 5) is 17.2. The molecule has 2 atom stereocenters. The van der Waals surface area contributed by atoms with Crippen LogP contribution in [0.3, 0.4) is 0 Å². The van der Waals surface area contributed by atoms with Gasteiger partial charge in [0.05, 0.1) is 17.3 Å². The molecule has 0 spiro atoms. The maximum absolute atomic E-state index is 12.9. The van der Waals surface area contributed by atoms with Crippen LogP contribution < -0.4 is 10.6 Å². The number of carbonyl (C=O) groups is 1. The van der Waals surface area contributed by atoms with Crippen LogP contribution in [0.2, 0.25) is 0 Å². The van der Waals surface area contributed by atoms with Crippen molar-refractivity contribution in [3.63, 3.8) is 0 Å². The summed E-state index contributed by atoms with van der Waals surface area (Å²) >= 11 is 0. The van der Waals surface area contributed by atoms with Crippen LogP contribution in [-0.4, -0.2) is 45.4 Å². The maximum atomic E-state index is 12.9. The van der Waals surface area contributed by atoms with Crippen molar-refractivity contribution in [1.29, 1.82) is 0 Å². The quantitative estimate of drug-likeness (QED) is 0.503. The fraction of sp³-hybridized carbons (Fsp3) is 0.250. The number of piperidine rings is 1. The number of aromatic nitrogens is 3. The van der Waals surface area contributed by atoms with Crippen molar-refractivity contribution in [3.05, 3.63) is 72.1 Å². The number of aliphatic hydroxyl groups excluding tert-OH is 1. The number of H-pyrrole nitrogens is 1. The van der Waals surface area contributed by atoms with Gasteiger partial charge in [-0.3, -0.25) is 14.9 Å². The van der Waals surface area contributed by atoms with Gasteiger partial charge in [0.2, 0.25) is 0 Å². The third kappa shape index (κ3) is 4.59. The summed E-state index contributed by atoms with van der Waals surface area (Å²) < 4.78 is 0. The number of amides is 1. The number of nitrogens with zero attached hydrogens (tertiary/aromatic N) is 2. The molecule has 1 fully saturated rings. The van der Waals surface area contributed by atoms with Gasteiger partial charge in [0.15, 0.2) is 0 Å². The first-order chi connectivity index (χ1) is 13.2. The lowest BCUT2D eigenvalue weighted by Crippen LogP contribution is -2.61. The van der Waals surface area contributed by atoms with E-state index < -0.39 is 11.6 Å². The van der Waals surface area contributed by atoms with E-state index in [1.165, 1.54) is 0 Å². The number of rotatable bonds is 4. The van der Waals surface area contributed by atoms with Gasteiger partial charge in [-0.05, 0) is 36.7 Å². The van der Waals surface area contributed by atoms with Gasteiger partial charge in [0.1, 0.15) is 11.4 Å². The van der Waals surface area contributed by atoms with Crippen molar-refractivity contribution in [2.75, 3.05) is 13.1 Å². The topological polar surface area (TPSA) is 103 Å². The van der Waals surface area contributed by atoms with Gasteiger partial charge in [-0.1, -0.05) is 36.4 Å². The number of halogens is 2. The highest BCUT2D eigenvalue weighted by Gasteiger charge is 2.43. The average Bonchev–Trinajstić information content (AvgIpc) is 3.22. The minimum absolute atomic E-state index is 0. The summed E-state index contributed by atoms with van der Waals surface area (Å²) in [5.74, 6) is -0.311. The molecule has 0 bridgehead atoms. The Labute approximate surface area is 181 Å². The van der Waals surface area contributed by atoms with E-state index in [4.69, 9.17) is 0 Å². The molecule has 4 N–H and O–H groups in total. The minimum Gasteiger partial charge on any atom is -0.389 e. The highest BCUT2D eigenvalue weighted by atomic mass is 35.5. The van der Waals surface area contributed by atoms with E-state index in [1.807, 2.05) is 48.5 Å². The van der Waals surface area contributed by atoms with Crippen LogP contribution in [0.1, 0.15) is 22.5 Å². The SMILES string of the molecule is Cl.Cl.O=C(N[C@@]1(c2ccccc2)CCNC[C@H]1O)c1cc(-c2ccccn2)n[nH]1. The van der Waals surface area contributed by atoms with Crippen molar-refractivity contribution < 1.29 is 9.90 Å². The Morgan fingerprint density at radius 3 is 2.55 bits per heavy atom. The third-order valence-electron chi connectivity index (χ3n) is 4.98. The Bertz CT molecular complexity index is 923. The number of pyridine rings is 1. The van der Waals surface area contributed by atoms with Crippen molar-refractivity contribution in [3.8, 4) is 11.4 Å². The van der Waals surface area contributed by atoms with E-state index in [1.54, 1.807) is 12.3 Å². The van der Waals surface area contributed by atoms with E-state index in [-0.39, 0.29) is 30.7 Å². The molecule has 1 aliphatic rings. The molecule has 4 rings (SSSR count). The summed E-state index contributed by atoms with van der Waals surface area (Å²) in [6.07, 6.45) is 1.53. The lowest BCUT2D eigenvalue weighted by atomic mass is 9.79. The zero-order valence-electron chi connectivity index (χ0n) is 15.5. The highest BCUT2D eigenvalue weighted by Crippen LogP contribution is 2.31. The first kappa shape index (κ1) is 22.8. The fourth-order valence-corrected chi connectivity index (χ4v) is 3.51. The van der Waals surface area contributed by atoms with Gasteiger partial charge in [0, 0.05) is 12.7 Å². The Kier molecular flexibility index (Phi) is 7.75. The second-order valence-corrected chi connectivity index (χ2v) is 6.64. The number of carbonyl (C=O) groups excluding carboxylic acids is 1. The molecule has 7 nitrogen and oxygen atoms in total. The zero-order valence-corrected chi connectivity index (χ0v) is 17.2. The van der Waals surface area contributed by atoms with Crippen LogP contribution in [-0.2, 0) is 5.54 Å². The molecular formula is C20H23Cl2N5O2. The Morgan fingerprint density at radius 1 is 1.10 bits per heavy atom. The molecule has 0 radical (unpaired) electrons. The number of hydrogen-bond donors (Lipinski definition) is 4. The van der Waals surface area contributed by atoms with Crippen LogP contribution in [0.15, 0.2) is 60.8 Å². The number of nitrogens with one attached hydrogen (secondary N) is 3. The lowest BCUT2D eigenvalue weighted by molar-refractivity contribution is 0.0288. The number of aromatic amines is 1. The average molecular weight is 436 g/mol. The fourth-order valence-electron chi connectivity index (χ4n) is 3.51. The molecule has 0 unspecified atom stereocenters. The van der Waals surface area contributed by atoms with Gasteiger partial charge in [0.25, 0.3) is 5.91 Å². The third-order valence-corrected chi connectivity index (χ3v) is 4.98. The molecule has 1 aromatic carbocycles. The van der Waals surface area contributed by atoms with E-state index in [0.29, 0.717) is 36.6 Å². The molecule has 0 saturated carbocycles. The maximum Gasteiger partial charge on any atom is 0.270 e. The highest BCUT2D eigenvalue weighted by molar-refractivity contribution is 5.94. The second-order valence-electron chi connectivity index (χ2n) is 6.64. The van der Waals surface area contributed by atoms with Crippen LogP contribution in [0.4, 0.5) is 0 Å². The monoisotopic (exact) mass is 435 g/mol. The molecular weight excluding hydrogens is 413 g/mol. The minimum atomic E-state index is -0.847. The summed E-state index contributed by atoms with van der Waals surface area (Å²) in [5, 5.41) is 23.9. The Balaban J connectivity index is 0.00000150. The Morgan fingerprint density at radius 2 is 1.86 bits per heavy atom. The van der Waals surface area contributed by atoms with Crippen LogP contribution in [0, 0.1) is 0 Å². The number of β-amino-alcohol motifs (C(OH)–C–C–N with tert-alkyl or cyclic N) is 1. The largest absolute Gasteiger partial charge is 0.389 e. The van der Waals surface area contributed by atoms with Gasteiger partial charge >= 0.3 is 0 Å². The summed E-state index contributed by atoms with van der Waals surface area (Å²) in [5.41, 5.74) is 1.65. The number of aliphatic hydroxyl groups is 1. The number of hydrogen-bond acceptors (Lipinski definition) is 5. The predicted molar refractivity (Wildman–Crippen MR) is 115 cm³/mol. The first-order valence-corrected chi connectivity index (χ1v) is 8.93. The Hall–Kier alpha value is -2.45. The molecule has 1 saturated heterocycles. The summed E-state index contributed by atoms with van der Waals surface area (Å²) in [6, 6.07) is 16.8. The van der Waals surface area contributed by atoms with E-state index in [9.17, 15) is 9.90 Å². The van der Waals surface area contributed by atoms with E-state index in [2.05, 4.69) is 25.8 Å². The van der Waals surface area contributed by atoms with Gasteiger partial charge in [-0.25, -0.2) is 0 Å². The molecule has 1 amide bonds. The van der Waals surface area contributed by atoms with Crippen molar-refractivity contribution in [2.45, 2.75) is 18.1 Å². The molecule has 3 aromatic rings. The zero-order chi connectivity index (χ0) is 18.7. The van der Waals surface area contributed by atoms with Gasteiger partial charge < -0.3 is 15.7 Å². The lowest BCUT2D eigenvalue weighted by Gasteiger charge is -2.42. The smallest absolute Gasteiger partial charge is 0.270 e. The molecule has 9 heteroatoms. The second kappa shape index (κ2) is 9.84. The van der Waals surface area contributed by atoms with Crippen molar-refractivity contribution in [2.24, 2.45) is 0 Å². The standard InChI is InChI=1S/C20H21N5O2.2ClH/c26-18-13-21-11-9-20(18,14-6-2-1-3-7-14)23-19(27)17-12-16(24-25-17)15-8-4-5-10-22-15;;/h1-8,10,12,18,21,26H,9,11,13H2,(H,23,27)(H,24,25);2*1H/t18-,20-;;/m1../s1. The van der Waals surface area contributed by atoms with E-state index >= 15 is 0 Å². The van der Waals surface area contributed by atoms with Gasteiger partial charge in [-0.2, -0.15) is 5.10 Å². The van der Waals surface area contributed by atoms with Gasteiger partial charge in [-0.15, -0.1) is 24.8 Å². The predicted octanol–water partition coefficient (Wildman–Crippen LogP) is 2.29. The molecule has 154 valence electrons. The normalized spacial score (nSPS) is 20.8. The van der Waals surface area contributed by atoms with E-state index in [0.717, 1.165) is 5.56 Å². The summed E-state index contributed by atoms with van der Waals surface area (Å²) in [6.45, 7) is 1.12. The molecule has 29 heavy (non-hydrogen) atoms. The van der Waals surface area contributed by atoms with Crippen LogP contribution in [0.5, 0.6) is 0 Å². The molecule has 2 aromatic heterocycles. The van der Waals surface area contributed by atoms with Crippen molar-refractivity contribution in [1.82, 2.24) is 25.8 Å². The molecule has 1 aliphatic heterocycles. The van der Waals surface area contributed by atoms with Crippen LogP contribution in [0.25, 0.3) is 11.4 Å². The first-order valence-electron chi connectivity index (χ1n) is 8.93. The van der Waals surface area contributed by atoms with Crippen LogP contribution >= 0.6 is 24.8 Å². The van der Waals surface area contributed by atoms with Crippen molar-refractivity contribution >= 4 is 30.7 Å². The summed E-state index contributed by atoms with van der Waals surface area (Å²) in [7, 11) is 0.